The van der Waals surface area contributed by atoms with Gasteiger partial charge in [0.25, 0.3) is 5.91 Å². The predicted octanol–water partition coefficient (Wildman–Crippen LogP) is 9.28. The molecule has 0 aromatic heterocycles. The third-order valence-electron chi connectivity index (χ3n) is 6.15. The molecule has 1 aliphatic rings. The van der Waals surface area contributed by atoms with Crippen LogP contribution in [0.5, 0.6) is 0 Å². The first-order valence-corrected chi connectivity index (χ1v) is 11.9. The molecule has 1 amide bonds. The quantitative estimate of drug-likeness (QED) is 0.345. The van der Waals surface area contributed by atoms with Crippen molar-refractivity contribution < 1.29 is 44.3 Å². The Bertz CT molecular complexity index is 1210. The van der Waals surface area contributed by atoms with Crippen LogP contribution < -0.4 is 5.32 Å². The van der Waals surface area contributed by atoms with Crippen LogP contribution in [0.25, 0.3) is 5.83 Å². The third kappa shape index (κ3) is 7.16. The number of aryl methyl sites for hydroxylation is 1. The van der Waals surface area contributed by atoms with E-state index in [1.54, 1.807) is 0 Å². The van der Waals surface area contributed by atoms with Gasteiger partial charge in [0, 0.05) is 24.4 Å². The molecule has 208 valence electrons. The standard InChI is InChI=1S/C25H20Cl2F9NO/c1-12-8-14(10-19(26)21(12)27)17(24(31,32)33)11-20(28)13-2-3-16(18(9-13)25(34,35)36)22(38)37-15-4-6-23(29,30)7-5-15/h2-3,8-11,15,17H,4-7H2,1H3,(H,37,38)/b20-11-. The number of halogens is 11. The molecule has 1 N–H and O–H groups in total. The van der Waals surface area contributed by atoms with Gasteiger partial charge in [0.15, 0.2) is 0 Å². The zero-order chi connectivity index (χ0) is 28.6. The average Bonchev–Trinajstić information content (AvgIpc) is 2.80. The van der Waals surface area contributed by atoms with E-state index in [1.807, 2.05) is 0 Å². The fraction of sp³-hybridized carbons (Fsp3) is 0.400. The van der Waals surface area contributed by atoms with E-state index < -0.39 is 77.1 Å². The Morgan fingerprint density at radius 1 is 1.05 bits per heavy atom. The summed E-state index contributed by atoms with van der Waals surface area (Å²) in [5.41, 5.74) is -3.67. The molecule has 0 bridgehead atoms. The molecule has 0 radical (unpaired) electrons. The highest BCUT2D eigenvalue weighted by Crippen LogP contribution is 2.42. The van der Waals surface area contributed by atoms with E-state index in [0.717, 1.165) is 18.2 Å². The summed E-state index contributed by atoms with van der Waals surface area (Å²) in [6.45, 7) is 1.38. The largest absolute Gasteiger partial charge is 0.417 e. The molecule has 0 aliphatic heterocycles. The molecule has 0 spiro atoms. The van der Waals surface area contributed by atoms with E-state index in [0.29, 0.717) is 6.07 Å². The van der Waals surface area contributed by atoms with Gasteiger partial charge in [0.05, 0.1) is 21.2 Å². The zero-order valence-electron chi connectivity index (χ0n) is 19.5. The van der Waals surface area contributed by atoms with E-state index in [1.165, 1.54) is 6.92 Å². The number of carbonyl (C=O) groups excluding carboxylic acids is 1. The molecule has 2 nitrogen and oxygen atoms in total. The number of rotatable bonds is 5. The van der Waals surface area contributed by atoms with Crippen LogP contribution in [-0.4, -0.2) is 24.0 Å². The van der Waals surface area contributed by atoms with Gasteiger partial charge in [0.1, 0.15) is 11.7 Å². The van der Waals surface area contributed by atoms with Crippen LogP contribution in [0.4, 0.5) is 39.5 Å². The summed E-state index contributed by atoms with van der Waals surface area (Å²) < 4.78 is 124. The Balaban J connectivity index is 1.96. The number of amides is 1. The van der Waals surface area contributed by atoms with E-state index >= 15 is 0 Å². The number of hydrogen-bond donors (Lipinski definition) is 1. The normalized spacial score (nSPS) is 17.8. The second-order valence-corrected chi connectivity index (χ2v) is 9.81. The highest BCUT2D eigenvalue weighted by atomic mass is 35.5. The molecule has 1 atom stereocenters. The van der Waals surface area contributed by atoms with Crippen molar-refractivity contribution in [3.8, 4) is 0 Å². The number of nitrogens with one attached hydrogen (secondary N) is 1. The van der Waals surface area contributed by atoms with E-state index in [-0.39, 0.29) is 40.6 Å². The highest BCUT2D eigenvalue weighted by Gasteiger charge is 2.41. The van der Waals surface area contributed by atoms with Gasteiger partial charge in [-0.25, -0.2) is 13.2 Å². The summed E-state index contributed by atoms with van der Waals surface area (Å²) in [5, 5.41) is 2.04. The predicted molar refractivity (Wildman–Crippen MR) is 125 cm³/mol. The smallest absolute Gasteiger partial charge is 0.349 e. The summed E-state index contributed by atoms with van der Waals surface area (Å²) in [6.07, 6.45) is -11.5. The first-order chi connectivity index (χ1) is 17.4. The molecule has 1 saturated carbocycles. The maximum atomic E-state index is 15.0. The van der Waals surface area contributed by atoms with Crippen LogP contribution in [0, 0.1) is 6.92 Å². The lowest BCUT2D eigenvalue weighted by atomic mass is 9.91. The van der Waals surface area contributed by atoms with Gasteiger partial charge in [-0.2, -0.15) is 26.3 Å². The number of carbonyl (C=O) groups is 1. The van der Waals surface area contributed by atoms with Crippen LogP contribution in [0.15, 0.2) is 36.4 Å². The minimum absolute atomic E-state index is 0.00795. The Labute approximate surface area is 221 Å². The number of allylic oxidation sites excluding steroid dienone is 1. The molecule has 1 aliphatic carbocycles. The van der Waals surface area contributed by atoms with Crippen molar-refractivity contribution in [3.63, 3.8) is 0 Å². The van der Waals surface area contributed by atoms with E-state index in [9.17, 15) is 44.3 Å². The lowest BCUT2D eigenvalue weighted by molar-refractivity contribution is -0.140. The second-order valence-electron chi connectivity index (χ2n) is 9.03. The minimum atomic E-state index is -5.17. The molecule has 1 fully saturated rings. The van der Waals surface area contributed by atoms with Gasteiger partial charge < -0.3 is 5.32 Å². The molecule has 3 rings (SSSR count). The van der Waals surface area contributed by atoms with E-state index in [4.69, 9.17) is 23.2 Å². The summed E-state index contributed by atoms with van der Waals surface area (Å²) in [5.74, 6) is -8.34. The molecule has 2 aromatic carbocycles. The van der Waals surface area contributed by atoms with Crippen molar-refractivity contribution in [3.05, 3.63) is 74.3 Å². The van der Waals surface area contributed by atoms with Gasteiger partial charge >= 0.3 is 12.4 Å². The maximum Gasteiger partial charge on any atom is 0.417 e. The topological polar surface area (TPSA) is 29.1 Å². The monoisotopic (exact) mass is 591 g/mol. The number of hydrogen-bond acceptors (Lipinski definition) is 1. The van der Waals surface area contributed by atoms with Gasteiger partial charge in [-0.1, -0.05) is 35.3 Å². The van der Waals surface area contributed by atoms with Gasteiger partial charge in [0.2, 0.25) is 5.92 Å². The Kier molecular flexibility index (Phi) is 8.72. The number of benzene rings is 2. The van der Waals surface area contributed by atoms with Crippen molar-refractivity contribution in [2.45, 2.75) is 62.8 Å². The summed E-state index contributed by atoms with van der Waals surface area (Å²) in [7, 11) is 0. The summed E-state index contributed by atoms with van der Waals surface area (Å²) in [4.78, 5) is 12.5. The molecule has 38 heavy (non-hydrogen) atoms. The Hall–Kier alpha value is -2.40. The molecule has 0 saturated heterocycles. The highest BCUT2D eigenvalue weighted by molar-refractivity contribution is 6.42. The fourth-order valence-electron chi connectivity index (χ4n) is 4.13. The fourth-order valence-corrected chi connectivity index (χ4v) is 4.51. The van der Waals surface area contributed by atoms with Crippen molar-refractivity contribution in [2.75, 3.05) is 0 Å². The third-order valence-corrected chi connectivity index (χ3v) is 7.05. The Morgan fingerprint density at radius 2 is 1.66 bits per heavy atom. The first kappa shape index (κ1) is 30.1. The Morgan fingerprint density at radius 3 is 2.18 bits per heavy atom. The molecule has 0 heterocycles. The summed E-state index contributed by atoms with van der Waals surface area (Å²) >= 11 is 11.7. The molecule has 2 aromatic rings. The van der Waals surface area contributed by atoms with Gasteiger partial charge in [-0.15, -0.1) is 0 Å². The van der Waals surface area contributed by atoms with E-state index in [2.05, 4.69) is 5.32 Å². The van der Waals surface area contributed by atoms with Crippen molar-refractivity contribution in [2.24, 2.45) is 0 Å². The minimum Gasteiger partial charge on any atom is -0.349 e. The van der Waals surface area contributed by atoms with Gasteiger partial charge in [-0.3, -0.25) is 4.79 Å². The lowest BCUT2D eigenvalue weighted by Gasteiger charge is -2.29. The van der Waals surface area contributed by atoms with Crippen molar-refractivity contribution in [1.82, 2.24) is 5.32 Å². The molecule has 1 unspecified atom stereocenters. The lowest BCUT2D eigenvalue weighted by Crippen LogP contribution is -2.40. The van der Waals surface area contributed by atoms with Crippen LogP contribution in [0.2, 0.25) is 10.0 Å². The second kappa shape index (κ2) is 11.0. The van der Waals surface area contributed by atoms with Crippen LogP contribution in [0.3, 0.4) is 0 Å². The molecular weight excluding hydrogens is 572 g/mol. The molecule has 13 heteroatoms. The summed E-state index contributed by atoms with van der Waals surface area (Å²) in [6, 6.07) is 2.72. The molecular formula is C25H20Cl2F9NO. The SMILES string of the molecule is Cc1cc(C(/C=C(\F)c2ccc(C(=O)NC3CCC(F)(F)CC3)c(C(F)(F)F)c2)C(F)(F)F)cc(Cl)c1Cl. The van der Waals surface area contributed by atoms with Gasteiger partial charge in [-0.05, 0) is 55.2 Å². The van der Waals surface area contributed by atoms with Crippen molar-refractivity contribution in [1.29, 1.82) is 0 Å². The number of alkyl halides is 8. The zero-order valence-corrected chi connectivity index (χ0v) is 21.0. The van der Waals surface area contributed by atoms with Crippen molar-refractivity contribution >= 4 is 34.9 Å². The van der Waals surface area contributed by atoms with Crippen LogP contribution in [0.1, 0.15) is 64.2 Å². The first-order valence-electron chi connectivity index (χ1n) is 11.2. The average molecular weight is 592 g/mol. The van der Waals surface area contributed by atoms with Crippen LogP contribution in [-0.2, 0) is 6.18 Å². The maximum absolute atomic E-state index is 15.0. The van der Waals surface area contributed by atoms with Crippen LogP contribution >= 0.6 is 23.2 Å².